The van der Waals surface area contributed by atoms with Crippen molar-refractivity contribution in [2.24, 2.45) is 0 Å². The first-order valence-corrected chi connectivity index (χ1v) is 12.6. The van der Waals surface area contributed by atoms with E-state index in [9.17, 15) is 14.0 Å². The van der Waals surface area contributed by atoms with Crippen LogP contribution in [0.4, 0.5) is 4.39 Å². The number of aromatic nitrogens is 5. The lowest BCUT2D eigenvalue weighted by Crippen LogP contribution is -2.38. The van der Waals surface area contributed by atoms with Gasteiger partial charge in [0.25, 0.3) is 11.5 Å². The van der Waals surface area contributed by atoms with Gasteiger partial charge in [-0.1, -0.05) is 0 Å². The summed E-state index contributed by atoms with van der Waals surface area (Å²) in [5.41, 5.74) is 2.18. The van der Waals surface area contributed by atoms with Gasteiger partial charge in [-0.05, 0) is 43.3 Å². The van der Waals surface area contributed by atoms with Crippen molar-refractivity contribution in [1.82, 2.24) is 29.6 Å². The largest absolute Gasteiger partial charge is 0.338 e. The Labute approximate surface area is 200 Å². The van der Waals surface area contributed by atoms with E-state index < -0.39 is 0 Å². The number of hydrogen-bond acceptors (Lipinski definition) is 7. The number of aromatic amines is 1. The van der Waals surface area contributed by atoms with Crippen LogP contribution in [0.1, 0.15) is 39.8 Å². The number of carbonyl (C=O) groups excluding carboxylic acids is 1. The minimum absolute atomic E-state index is 0.0903. The Kier molecular flexibility index (Phi) is 5.03. The molecule has 11 heteroatoms. The number of H-pyrrole nitrogens is 1. The third-order valence-electron chi connectivity index (χ3n) is 6.24. The number of halogens is 1. The summed E-state index contributed by atoms with van der Waals surface area (Å²) >= 11 is 2.93. The normalized spacial score (nSPS) is 14.9. The predicted molar refractivity (Wildman–Crippen MR) is 130 cm³/mol. The van der Waals surface area contributed by atoms with Crippen LogP contribution in [-0.4, -0.2) is 48.6 Å². The van der Waals surface area contributed by atoms with Crippen molar-refractivity contribution in [2.75, 3.05) is 13.1 Å². The number of thiophene rings is 1. The second kappa shape index (κ2) is 8.10. The van der Waals surface area contributed by atoms with E-state index in [-0.39, 0.29) is 23.2 Å². The summed E-state index contributed by atoms with van der Waals surface area (Å²) in [5.74, 6) is 0.168. The first kappa shape index (κ1) is 21.1. The highest BCUT2D eigenvalue weighted by Gasteiger charge is 2.28. The first-order chi connectivity index (χ1) is 16.5. The topological polar surface area (TPSA) is 96.8 Å². The lowest BCUT2D eigenvalue weighted by Gasteiger charge is -2.31. The third-order valence-corrected chi connectivity index (χ3v) is 8.34. The molecule has 0 unspecified atom stereocenters. The van der Waals surface area contributed by atoms with Crippen LogP contribution in [-0.2, 0) is 0 Å². The second-order valence-electron chi connectivity index (χ2n) is 8.31. The molecule has 0 saturated carbocycles. The molecule has 1 saturated heterocycles. The van der Waals surface area contributed by atoms with Crippen LogP contribution in [0, 0.1) is 12.7 Å². The molecule has 1 aliphatic rings. The Balaban J connectivity index is 1.20. The summed E-state index contributed by atoms with van der Waals surface area (Å²) < 4.78 is 16.5. The Morgan fingerprint density at radius 1 is 1.18 bits per heavy atom. The molecule has 0 bridgehead atoms. The van der Waals surface area contributed by atoms with Gasteiger partial charge in [0.1, 0.15) is 10.5 Å². The van der Waals surface area contributed by atoms with Crippen LogP contribution in [0.15, 0.2) is 40.6 Å². The van der Waals surface area contributed by atoms with Crippen molar-refractivity contribution < 1.29 is 9.18 Å². The minimum Gasteiger partial charge on any atom is -0.338 e. The molecule has 1 fully saturated rings. The number of piperidine rings is 1. The van der Waals surface area contributed by atoms with Crippen molar-refractivity contribution in [3.05, 3.63) is 68.3 Å². The summed E-state index contributed by atoms with van der Waals surface area (Å²) in [4.78, 5) is 39.3. The van der Waals surface area contributed by atoms with Crippen LogP contribution in [0.5, 0.6) is 0 Å². The van der Waals surface area contributed by atoms with Gasteiger partial charge in [-0.3, -0.25) is 14.6 Å². The van der Waals surface area contributed by atoms with Crippen LogP contribution >= 0.6 is 22.7 Å². The molecule has 8 nitrogen and oxygen atoms in total. The Bertz CT molecular complexity index is 1610. The molecule has 1 aromatic carbocycles. The van der Waals surface area contributed by atoms with Crippen LogP contribution in [0.2, 0.25) is 0 Å². The first-order valence-electron chi connectivity index (χ1n) is 10.9. The Morgan fingerprint density at radius 2 is 2.00 bits per heavy atom. The van der Waals surface area contributed by atoms with Crippen LogP contribution < -0.4 is 5.56 Å². The number of thiazole rings is 1. The van der Waals surface area contributed by atoms with E-state index in [0.29, 0.717) is 46.0 Å². The zero-order chi connectivity index (χ0) is 23.4. The van der Waals surface area contributed by atoms with Gasteiger partial charge >= 0.3 is 0 Å². The molecule has 5 aromatic rings. The lowest BCUT2D eigenvalue weighted by atomic mass is 9.97. The highest BCUT2D eigenvalue weighted by atomic mass is 32.1. The van der Waals surface area contributed by atoms with Gasteiger partial charge in [-0.15, -0.1) is 22.7 Å². The molecule has 34 heavy (non-hydrogen) atoms. The molecule has 172 valence electrons. The maximum Gasteiger partial charge on any atom is 0.270 e. The van der Waals surface area contributed by atoms with E-state index in [4.69, 9.17) is 0 Å². The fourth-order valence-corrected chi connectivity index (χ4v) is 6.23. The molecule has 1 amide bonds. The van der Waals surface area contributed by atoms with E-state index in [1.807, 2.05) is 10.3 Å². The molecule has 0 radical (unpaired) electrons. The Morgan fingerprint density at radius 3 is 2.82 bits per heavy atom. The van der Waals surface area contributed by atoms with E-state index in [2.05, 4.69) is 20.1 Å². The van der Waals surface area contributed by atoms with Crippen molar-refractivity contribution in [1.29, 1.82) is 0 Å². The zero-order valence-electron chi connectivity index (χ0n) is 18.1. The number of fused-ring (bicyclic) bond motifs is 2. The summed E-state index contributed by atoms with van der Waals surface area (Å²) in [5, 5.41) is 7.14. The number of benzene rings is 1. The fraction of sp³-hybridized carbons (Fsp3) is 0.261. The SMILES string of the molecule is Cc1c(C(=O)N2CCC(c3nc4cc(F)ccc4s3)CC2)cnn1-c1nc2ccsc2c(=O)[nH]1. The summed E-state index contributed by atoms with van der Waals surface area (Å²) in [6.45, 7) is 3.01. The van der Waals surface area contributed by atoms with E-state index in [1.54, 1.807) is 30.4 Å². The van der Waals surface area contributed by atoms with Crippen LogP contribution in [0.25, 0.3) is 26.4 Å². The molecule has 1 N–H and O–H groups in total. The monoisotopic (exact) mass is 494 g/mol. The van der Waals surface area contributed by atoms with Gasteiger partial charge in [-0.2, -0.15) is 5.10 Å². The molecule has 5 heterocycles. The summed E-state index contributed by atoms with van der Waals surface area (Å²) in [7, 11) is 0. The van der Waals surface area contributed by atoms with Gasteiger partial charge in [0.15, 0.2) is 0 Å². The number of carbonyl (C=O) groups is 1. The van der Waals surface area contributed by atoms with Gasteiger partial charge < -0.3 is 4.90 Å². The smallest absolute Gasteiger partial charge is 0.270 e. The maximum atomic E-state index is 13.5. The molecule has 4 aromatic heterocycles. The highest BCUT2D eigenvalue weighted by Crippen LogP contribution is 2.34. The third kappa shape index (κ3) is 3.51. The minimum atomic E-state index is -0.282. The molecule has 1 aliphatic heterocycles. The molecule has 0 atom stereocenters. The molecular weight excluding hydrogens is 475 g/mol. The maximum absolute atomic E-state index is 13.5. The van der Waals surface area contributed by atoms with E-state index in [0.717, 1.165) is 22.5 Å². The average Bonchev–Trinajstić information content (AvgIpc) is 3.56. The number of nitrogens with one attached hydrogen (secondary N) is 1. The van der Waals surface area contributed by atoms with E-state index >= 15 is 0 Å². The molecule has 6 rings (SSSR count). The molecule has 0 spiro atoms. The van der Waals surface area contributed by atoms with Crippen molar-refractivity contribution >= 4 is 49.0 Å². The van der Waals surface area contributed by atoms with Gasteiger partial charge in [0, 0.05) is 25.1 Å². The van der Waals surface area contributed by atoms with Crippen LogP contribution in [0.3, 0.4) is 0 Å². The number of nitrogens with zero attached hydrogens (tertiary/aromatic N) is 5. The standard InChI is InChI=1S/C23H19FN6O2S2/c1-12-15(11-25-30(12)23-27-16-6-9-33-19(16)20(31)28-23)22(32)29-7-4-13(5-8-29)21-26-17-10-14(24)2-3-18(17)34-21/h2-3,6,9-11,13H,4-5,7-8H2,1H3,(H,27,28,31). The number of likely N-dealkylation sites (tertiary alicyclic amines) is 1. The Hall–Kier alpha value is -3.44. The van der Waals surface area contributed by atoms with Crippen molar-refractivity contribution in [3.63, 3.8) is 0 Å². The number of amides is 1. The van der Waals surface area contributed by atoms with E-state index in [1.165, 1.54) is 34.3 Å². The highest BCUT2D eigenvalue weighted by molar-refractivity contribution is 7.18. The quantitative estimate of drug-likeness (QED) is 0.405. The number of hydrogen-bond donors (Lipinski definition) is 1. The van der Waals surface area contributed by atoms with Gasteiger partial charge in [-0.25, -0.2) is 19.0 Å². The second-order valence-corrected chi connectivity index (χ2v) is 10.3. The predicted octanol–water partition coefficient (Wildman–Crippen LogP) is 4.25. The summed E-state index contributed by atoms with van der Waals surface area (Å²) in [6.07, 6.45) is 3.12. The fourth-order valence-electron chi connectivity index (χ4n) is 4.39. The zero-order valence-corrected chi connectivity index (χ0v) is 19.7. The number of rotatable bonds is 3. The molecular formula is C23H19FN6O2S2. The van der Waals surface area contributed by atoms with Crippen molar-refractivity contribution in [3.8, 4) is 5.95 Å². The lowest BCUT2D eigenvalue weighted by molar-refractivity contribution is 0.0712. The van der Waals surface area contributed by atoms with Gasteiger partial charge in [0.05, 0.1) is 38.2 Å². The van der Waals surface area contributed by atoms with Crippen molar-refractivity contribution in [2.45, 2.75) is 25.7 Å². The summed E-state index contributed by atoms with van der Waals surface area (Å²) in [6, 6.07) is 6.48. The van der Waals surface area contributed by atoms with Gasteiger partial charge in [0.2, 0.25) is 5.95 Å². The molecule has 0 aliphatic carbocycles. The average molecular weight is 495 g/mol.